The first kappa shape index (κ1) is 19.7. The molecular weight excluding hydrogens is 446 g/mol. The zero-order valence-corrected chi connectivity index (χ0v) is 18.8. The van der Waals surface area contributed by atoms with E-state index in [9.17, 15) is 0 Å². The number of fused-ring (bicyclic) bond motifs is 1. The third-order valence-electron chi connectivity index (χ3n) is 5.72. The van der Waals surface area contributed by atoms with Crippen molar-refractivity contribution in [3.63, 3.8) is 0 Å². The van der Waals surface area contributed by atoms with Crippen molar-refractivity contribution in [3.8, 4) is 0 Å². The zero-order chi connectivity index (χ0) is 21.2. The Bertz CT molecular complexity index is 1270. The molecule has 0 spiro atoms. The van der Waals surface area contributed by atoms with Gasteiger partial charge in [-0.1, -0.05) is 67.6 Å². The molecule has 1 aromatic heterocycles. The summed E-state index contributed by atoms with van der Waals surface area (Å²) in [6.45, 7) is 2.28. The maximum atomic E-state index is 4.54. The number of halogens is 1. The summed E-state index contributed by atoms with van der Waals surface area (Å²) in [7, 11) is 0. The molecule has 3 aromatic carbocycles. The fourth-order valence-corrected chi connectivity index (χ4v) is 4.43. The van der Waals surface area contributed by atoms with Crippen LogP contribution in [-0.2, 0) is 0 Å². The van der Waals surface area contributed by atoms with Gasteiger partial charge in [-0.05, 0) is 57.6 Å². The Morgan fingerprint density at radius 2 is 1.61 bits per heavy atom. The third-order valence-corrected chi connectivity index (χ3v) is 6.13. The lowest BCUT2D eigenvalue weighted by molar-refractivity contribution is 0.679. The summed E-state index contributed by atoms with van der Waals surface area (Å²) in [6.07, 6.45) is 8.93. The molecule has 1 aliphatic carbocycles. The van der Waals surface area contributed by atoms with Crippen LogP contribution in [0.1, 0.15) is 19.0 Å². The average Bonchev–Trinajstić information content (AvgIpc) is 2.82. The van der Waals surface area contributed by atoms with Gasteiger partial charge in [0.2, 0.25) is 0 Å². The highest BCUT2D eigenvalue weighted by Crippen LogP contribution is 2.41. The highest BCUT2D eigenvalue weighted by atomic mass is 79.9. The molecule has 1 unspecified atom stereocenters. The van der Waals surface area contributed by atoms with Crippen molar-refractivity contribution in [2.45, 2.75) is 13.3 Å². The van der Waals surface area contributed by atoms with E-state index in [1.807, 2.05) is 6.20 Å². The van der Waals surface area contributed by atoms with Gasteiger partial charge in [-0.25, -0.2) is 4.98 Å². The molecule has 1 atom stereocenters. The molecule has 0 bridgehead atoms. The minimum atomic E-state index is 0.324. The lowest BCUT2D eigenvalue weighted by Gasteiger charge is -2.34. The first-order valence-corrected chi connectivity index (χ1v) is 11.2. The second-order valence-electron chi connectivity index (χ2n) is 7.78. The van der Waals surface area contributed by atoms with E-state index in [1.54, 1.807) is 6.20 Å². The van der Waals surface area contributed by atoms with Gasteiger partial charge in [0.25, 0.3) is 0 Å². The lowest BCUT2D eigenvalue weighted by atomic mass is 9.89. The molecule has 0 aliphatic heterocycles. The van der Waals surface area contributed by atoms with Crippen molar-refractivity contribution in [1.29, 1.82) is 0 Å². The highest BCUT2D eigenvalue weighted by molar-refractivity contribution is 9.10. The molecule has 152 valence electrons. The number of anilines is 2. The summed E-state index contributed by atoms with van der Waals surface area (Å²) in [5, 5.41) is 2.49. The van der Waals surface area contributed by atoms with Gasteiger partial charge in [-0.3, -0.25) is 4.98 Å². The van der Waals surface area contributed by atoms with Crippen LogP contribution >= 0.6 is 15.9 Å². The van der Waals surface area contributed by atoms with Crippen LogP contribution in [0.2, 0.25) is 0 Å². The van der Waals surface area contributed by atoms with Gasteiger partial charge in [-0.2, -0.15) is 0 Å². The fraction of sp³-hybridized carbons (Fsp3) is 0.111. The van der Waals surface area contributed by atoms with Crippen molar-refractivity contribution in [2.75, 3.05) is 4.90 Å². The minimum absolute atomic E-state index is 0.324. The van der Waals surface area contributed by atoms with E-state index in [-0.39, 0.29) is 0 Å². The maximum Gasteiger partial charge on any atom is 0.124 e. The van der Waals surface area contributed by atoms with Crippen LogP contribution < -0.4 is 4.90 Å². The number of benzene rings is 3. The molecule has 4 heteroatoms. The molecule has 1 aliphatic rings. The SMILES string of the molecule is CC1CC(c2cnc(Br)cn2)=CC=C1N(c1ccccc1)c1cccc2ccccc12. The van der Waals surface area contributed by atoms with Crippen molar-refractivity contribution in [1.82, 2.24) is 9.97 Å². The molecule has 0 fully saturated rings. The molecule has 0 saturated heterocycles. The smallest absolute Gasteiger partial charge is 0.124 e. The number of aromatic nitrogens is 2. The van der Waals surface area contributed by atoms with Gasteiger partial charge in [0.15, 0.2) is 0 Å². The van der Waals surface area contributed by atoms with E-state index >= 15 is 0 Å². The van der Waals surface area contributed by atoms with Crippen molar-refractivity contribution in [3.05, 3.63) is 113 Å². The zero-order valence-electron chi connectivity index (χ0n) is 17.2. The number of para-hydroxylation sites is 1. The van der Waals surface area contributed by atoms with Crippen LogP contribution in [0.15, 0.2) is 108 Å². The average molecular weight is 468 g/mol. The number of hydrogen-bond acceptors (Lipinski definition) is 3. The summed E-state index contributed by atoms with van der Waals surface area (Å²) >= 11 is 3.37. The lowest BCUT2D eigenvalue weighted by Crippen LogP contribution is -2.23. The summed E-state index contributed by atoms with van der Waals surface area (Å²) in [6, 6.07) is 25.7. The molecular formula is C27H22BrN3. The molecule has 31 heavy (non-hydrogen) atoms. The molecule has 0 radical (unpaired) electrons. The summed E-state index contributed by atoms with van der Waals surface area (Å²) in [5.74, 6) is 0.324. The van der Waals surface area contributed by atoms with Crippen molar-refractivity contribution in [2.24, 2.45) is 5.92 Å². The Balaban J connectivity index is 1.64. The molecule has 5 rings (SSSR count). The molecule has 1 heterocycles. The van der Waals surface area contributed by atoms with E-state index < -0.39 is 0 Å². The topological polar surface area (TPSA) is 29.0 Å². The first-order valence-electron chi connectivity index (χ1n) is 10.4. The molecule has 3 nitrogen and oxygen atoms in total. The van der Waals surface area contributed by atoms with Gasteiger partial charge in [0.1, 0.15) is 4.60 Å². The van der Waals surface area contributed by atoms with Gasteiger partial charge >= 0.3 is 0 Å². The Morgan fingerprint density at radius 3 is 2.39 bits per heavy atom. The Hall–Kier alpha value is -3.24. The van der Waals surface area contributed by atoms with E-state index in [0.29, 0.717) is 5.92 Å². The fourth-order valence-electron chi connectivity index (χ4n) is 4.22. The molecule has 0 amide bonds. The Morgan fingerprint density at radius 1 is 0.839 bits per heavy atom. The largest absolute Gasteiger partial charge is 0.313 e. The second-order valence-corrected chi connectivity index (χ2v) is 8.59. The van der Waals surface area contributed by atoms with E-state index in [4.69, 9.17) is 0 Å². The summed E-state index contributed by atoms with van der Waals surface area (Å²) in [5.41, 5.74) is 5.78. The van der Waals surface area contributed by atoms with Crippen molar-refractivity contribution >= 4 is 43.7 Å². The van der Waals surface area contributed by atoms with E-state index in [2.05, 4.69) is 123 Å². The van der Waals surface area contributed by atoms with Crippen LogP contribution in [-0.4, -0.2) is 9.97 Å². The van der Waals surface area contributed by atoms with E-state index in [0.717, 1.165) is 22.4 Å². The van der Waals surface area contributed by atoms with Crippen LogP contribution in [0.5, 0.6) is 0 Å². The predicted octanol–water partition coefficient (Wildman–Crippen LogP) is 7.54. The third kappa shape index (κ3) is 3.91. The van der Waals surface area contributed by atoms with Gasteiger partial charge in [0.05, 0.1) is 23.8 Å². The number of nitrogens with zero attached hydrogens (tertiary/aromatic N) is 3. The van der Waals surface area contributed by atoms with Crippen LogP contribution in [0.25, 0.3) is 16.3 Å². The minimum Gasteiger partial charge on any atom is -0.313 e. The van der Waals surface area contributed by atoms with Gasteiger partial charge in [0, 0.05) is 22.7 Å². The standard InChI is InChI=1S/C27H22BrN3/c1-19-16-21(24-17-30-27(28)18-29-24)14-15-25(19)31(22-10-3-2-4-11-22)26-13-7-9-20-8-5-6-12-23(20)26/h2-15,17-19H,16H2,1H3. The molecule has 0 N–H and O–H groups in total. The van der Waals surface area contributed by atoms with Crippen LogP contribution in [0, 0.1) is 5.92 Å². The second kappa shape index (κ2) is 8.48. The Kier molecular flexibility index (Phi) is 5.39. The highest BCUT2D eigenvalue weighted by Gasteiger charge is 2.25. The maximum absolute atomic E-state index is 4.54. The first-order chi connectivity index (χ1) is 15.2. The number of hydrogen-bond donors (Lipinski definition) is 0. The van der Waals surface area contributed by atoms with Gasteiger partial charge < -0.3 is 4.90 Å². The monoisotopic (exact) mass is 467 g/mol. The van der Waals surface area contributed by atoms with E-state index in [1.165, 1.54) is 27.7 Å². The Labute approximate surface area is 190 Å². The predicted molar refractivity (Wildman–Crippen MR) is 132 cm³/mol. The number of allylic oxidation sites excluding steroid dienone is 4. The summed E-state index contributed by atoms with van der Waals surface area (Å²) < 4.78 is 0.753. The quantitative estimate of drug-likeness (QED) is 0.310. The normalized spacial score (nSPS) is 16.0. The number of rotatable bonds is 4. The van der Waals surface area contributed by atoms with Crippen LogP contribution in [0.3, 0.4) is 0 Å². The molecule has 0 saturated carbocycles. The van der Waals surface area contributed by atoms with Crippen LogP contribution in [0.4, 0.5) is 11.4 Å². The molecule has 4 aromatic rings. The summed E-state index contributed by atoms with van der Waals surface area (Å²) in [4.78, 5) is 11.3. The van der Waals surface area contributed by atoms with Crippen molar-refractivity contribution < 1.29 is 0 Å². The van der Waals surface area contributed by atoms with Gasteiger partial charge in [-0.15, -0.1) is 0 Å².